The maximum atomic E-state index is 11.1. The van der Waals surface area contributed by atoms with Crippen molar-refractivity contribution in [3.63, 3.8) is 0 Å². The molecule has 6 rings (SSSR count). The number of aromatic nitrogens is 6. The first-order valence-electron chi connectivity index (χ1n) is 13.9. The number of hydrogen-bond donors (Lipinski definition) is 5. The number of nitrogens with zero attached hydrogens (tertiary/aromatic N) is 6. The number of hydrogen-bond acceptors (Lipinski definition) is 9. The van der Waals surface area contributed by atoms with E-state index in [0.29, 0.717) is 49.0 Å². The van der Waals surface area contributed by atoms with E-state index >= 15 is 0 Å². The zero-order valence-electron chi connectivity index (χ0n) is 22.9. The van der Waals surface area contributed by atoms with Crippen LogP contribution in [0, 0.1) is 6.92 Å². The molecule has 4 atom stereocenters. The number of fused-ring (bicyclic) bond motifs is 1. The number of nitrogens with one attached hydrogen (secondary N) is 2. The fourth-order valence-corrected chi connectivity index (χ4v) is 5.68. The van der Waals surface area contributed by atoms with Crippen LogP contribution in [0.5, 0.6) is 0 Å². The Bertz CT molecular complexity index is 1550. The minimum absolute atomic E-state index is 0.0787. The highest BCUT2D eigenvalue weighted by Gasteiger charge is 2.44. The Morgan fingerprint density at radius 3 is 2.27 bits per heavy atom. The smallest absolute Gasteiger partial charge is 0.226 e. The van der Waals surface area contributed by atoms with Crippen LogP contribution in [0.15, 0.2) is 79.4 Å². The molecule has 1 aliphatic rings. The number of benzene rings is 2. The molecule has 41 heavy (non-hydrogen) atoms. The zero-order valence-corrected chi connectivity index (χ0v) is 22.9. The molecule has 212 valence electrons. The lowest BCUT2D eigenvalue weighted by Gasteiger charge is -2.20. The summed E-state index contributed by atoms with van der Waals surface area (Å²) >= 11 is 0. The number of rotatable bonds is 10. The number of imidazole rings is 1. The number of aliphatic hydroxyl groups is 2. The molecule has 0 amide bonds. The van der Waals surface area contributed by atoms with Gasteiger partial charge in [-0.3, -0.25) is 4.68 Å². The molecule has 0 spiro atoms. The van der Waals surface area contributed by atoms with Crippen molar-refractivity contribution in [3.8, 4) is 0 Å². The topological polar surface area (TPSA) is 152 Å². The van der Waals surface area contributed by atoms with Gasteiger partial charge in [-0.25, -0.2) is 4.98 Å². The second kappa shape index (κ2) is 11.7. The molecule has 3 aromatic heterocycles. The quantitative estimate of drug-likeness (QED) is 0.176. The lowest BCUT2D eigenvalue weighted by Crippen LogP contribution is -2.30. The molecule has 0 aliphatic heterocycles. The summed E-state index contributed by atoms with van der Waals surface area (Å²) in [7, 11) is 0. The lowest BCUT2D eigenvalue weighted by atomic mass is 9.91. The van der Waals surface area contributed by atoms with Gasteiger partial charge in [-0.1, -0.05) is 60.7 Å². The Morgan fingerprint density at radius 1 is 0.951 bits per heavy atom. The van der Waals surface area contributed by atoms with Gasteiger partial charge in [-0.15, -0.1) is 0 Å². The molecule has 3 heterocycles. The van der Waals surface area contributed by atoms with Crippen molar-refractivity contribution in [1.29, 1.82) is 0 Å². The fraction of sp³-hybridized carbons (Fsp3) is 0.333. The molecule has 0 unspecified atom stereocenters. The largest absolute Gasteiger partial charge is 0.388 e. The van der Waals surface area contributed by atoms with E-state index in [-0.39, 0.29) is 12.0 Å². The number of anilines is 2. The predicted octanol–water partition coefficient (Wildman–Crippen LogP) is 2.85. The van der Waals surface area contributed by atoms with Gasteiger partial charge in [0, 0.05) is 31.7 Å². The van der Waals surface area contributed by atoms with Crippen molar-refractivity contribution in [3.05, 3.63) is 96.1 Å². The summed E-state index contributed by atoms with van der Waals surface area (Å²) in [5.74, 6) is 1.07. The first-order chi connectivity index (χ1) is 20.0. The number of aryl methyl sites for hydroxylation is 1. The lowest BCUT2D eigenvalue weighted by molar-refractivity contribution is 0.00722. The first kappa shape index (κ1) is 26.9. The van der Waals surface area contributed by atoms with Gasteiger partial charge < -0.3 is 31.1 Å². The standard InChI is InChI=1S/C30H35N9O2/c1-19-15-35-39(17-19)24-14-23(26(40)27(24)41)38-18-34-25-28(36-30(32-13-12-31)37-29(25)38)33-16-22(20-8-4-2-5-9-20)21-10-6-3-7-11-21/h2-11,15,17-18,22-24,26-27,40-41H,12-14,16,31H2,1H3,(H2,32,33,36,37)/t23-,24+,26+,27-/m1/s1. The van der Waals surface area contributed by atoms with Crippen molar-refractivity contribution in [2.24, 2.45) is 5.73 Å². The normalized spacial score (nSPS) is 20.6. The van der Waals surface area contributed by atoms with Crippen LogP contribution in [-0.4, -0.2) is 71.4 Å². The fourth-order valence-electron chi connectivity index (χ4n) is 5.68. The Labute approximate surface area is 238 Å². The van der Waals surface area contributed by atoms with Gasteiger partial charge in [0.15, 0.2) is 17.0 Å². The number of aliphatic hydroxyl groups excluding tert-OH is 2. The van der Waals surface area contributed by atoms with Gasteiger partial charge in [0.1, 0.15) is 12.2 Å². The molecule has 1 saturated carbocycles. The molecule has 0 bridgehead atoms. The van der Waals surface area contributed by atoms with Gasteiger partial charge in [0.2, 0.25) is 5.95 Å². The van der Waals surface area contributed by atoms with Gasteiger partial charge in [0.05, 0.1) is 24.6 Å². The molecule has 2 aromatic carbocycles. The van der Waals surface area contributed by atoms with Crippen LogP contribution in [0.25, 0.3) is 11.2 Å². The first-order valence-corrected chi connectivity index (χ1v) is 13.9. The van der Waals surface area contributed by atoms with Crippen LogP contribution in [0.2, 0.25) is 0 Å². The van der Waals surface area contributed by atoms with Crippen molar-refractivity contribution >= 4 is 22.9 Å². The molecule has 0 saturated heterocycles. The van der Waals surface area contributed by atoms with Crippen LogP contribution in [-0.2, 0) is 0 Å². The van der Waals surface area contributed by atoms with Crippen molar-refractivity contribution in [2.45, 2.75) is 43.6 Å². The van der Waals surface area contributed by atoms with Gasteiger partial charge >= 0.3 is 0 Å². The molecule has 1 aliphatic carbocycles. The highest BCUT2D eigenvalue weighted by atomic mass is 16.3. The summed E-state index contributed by atoms with van der Waals surface area (Å²) in [6.45, 7) is 3.45. The van der Waals surface area contributed by atoms with Crippen LogP contribution < -0.4 is 16.4 Å². The summed E-state index contributed by atoms with van der Waals surface area (Å²) in [5.41, 5.74) is 10.3. The highest BCUT2D eigenvalue weighted by molar-refractivity contribution is 5.84. The molecule has 0 radical (unpaired) electrons. The van der Waals surface area contributed by atoms with E-state index in [2.05, 4.69) is 45.0 Å². The Kier molecular flexibility index (Phi) is 7.64. The third-order valence-electron chi connectivity index (χ3n) is 7.78. The Balaban J connectivity index is 1.34. The van der Waals surface area contributed by atoms with Crippen LogP contribution >= 0.6 is 0 Å². The number of nitrogens with two attached hydrogens (primary N) is 1. The van der Waals surface area contributed by atoms with E-state index in [4.69, 9.17) is 15.7 Å². The third kappa shape index (κ3) is 5.39. The summed E-state index contributed by atoms with van der Waals surface area (Å²) in [6.07, 6.45) is 3.76. The summed E-state index contributed by atoms with van der Waals surface area (Å²) in [5, 5.41) is 33.1. The SMILES string of the molecule is Cc1cnn([C@H]2C[C@@H](n3cnc4c(NCC(c5ccccc5)c5ccccc5)nc(NCCN)nc43)[C@H](O)[C@@H]2O)c1. The molecule has 11 heteroatoms. The van der Waals surface area contributed by atoms with Crippen LogP contribution in [0.3, 0.4) is 0 Å². The van der Waals surface area contributed by atoms with E-state index in [0.717, 1.165) is 5.56 Å². The summed E-state index contributed by atoms with van der Waals surface area (Å²) in [4.78, 5) is 14.2. The van der Waals surface area contributed by atoms with Crippen molar-refractivity contribution in [1.82, 2.24) is 29.3 Å². The second-order valence-corrected chi connectivity index (χ2v) is 10.5. The van der Waals surface area contributed by atoms with Crippen molar-refractivity contribution in [2.75, 3.05) is 30.3 Å². The minimum Gasteiger partial charge on any atom is -0.388 e. The maximum Gasteiger partial charge on any atom is 0.226 e. The van der Waals surface area contributed by atoms with E-state index in [9.17, 15) is 10.2 Å². The van der Waals surface area contributed by atoms with Crippen LogP contribution in [0.1, 0.15) is 41.1 Å². The highest BCUT2D eigenvalue weighted by Crippen LogP contribution is 2.40. The maximum absolute atomic E-state index is 11.1. The molecule has 11 nitrogen and oxygen atoms in total. The van der Waals surface area contributed by atoms with E-state index in [1.54, 1.807) is 17.2 Å². The van der Waals surface area contributed by atoms with E-state index < -0.39 is 18.2 Å². The van der Waals surface area contributed by atoms with E-state index in [1.165, 1.54) is 11.1 Å². The Morgan fingerprint density at radius 2 is 1.63 bits per heavy atom. The van der Waals surface area contributed by atoms with E-state index in [1.807, 2.05) is 54.1 Å². The van der Waals surface area contributed by atoms with Crippen LogP contribution in [0.4, 0.5) is 11.8 Å². The molecule has 1 fully saturated rings. The molecule has 6 N–H and O–H groups in total. The van der Waals surface area contributed by atoms with Gasteiger partial charge in [-0.2, -0.15) is 15.1 Å². The van der Waals surface area contributed by atoms with Crippen molar-refractivity contribution < 1.29 is 10.2 Å². The summed E-state index contributed by atoms with van der Waals surface area (Å²) < 4.78 is 3.57. The predicted molar refractivity (Wildman–Crippen MR) is 158 cm³/mol. The monoisotopic (exact) mass is 553 g/mol. The average molecular weight is 554 g/mol. The average Bonchev–Trinajstić information content (AvgIpc) is 3.70. The molecule has 5 aromatic rings. The van der Waals surface area contributed by atoms with Gasteiger partial charge in [-0.05, 0) is 30.0 Å². The molecular weight excluding hydrogens is 518 g/mol. The summed E-state index contributed by atoms with van der Waals surface area (Å²) in [6, 6.07) is 19.9. The van der Waals surface area contributed by atoms with Gasteiger partial charge in [0.25, 0.3) is 0 Å². The molecular formula is C30H35N9O2. The Hall–Kier alpha value is -4.32. The minimum atomic E-state index is -1.02. The third-order valence-corrected chi connectivity index (χ3v) is 7.78. The second-order valence-electron chi connectivity index (χ2n) is 10.5. The zero-order chi connectivity index (χ0) is 28.3.